The number of likely N-dealkylation sites (N-methyl/N-ethyl adjacent to an activating group) is 1. The zero-order valence-electron chi connectivity index (χ0n) is 12.6. The predicted molar refractivity (Wildman–Crippen MR) is 76.1 cm³/mol. The number of ether oxygens (including phenoxy) is 2. The highest BCUT2D eigenvalue weighted by Crippen LogP contribution is 2.25. The molecule has 1 N–H and O–H groups in total. The monoisotopic (exact) mass is 271 g/mol. The molecule has 1 aliphatic carbocycles. The second kappa shape index (κ2) is 9.32. The van der Waals surface area contributed by atoms with Crippen molar-refractivity contribution >= 4 is 5.97 Å². The van der Waals surface area contributed by atoms with Gasteiger partial charge in [0, 0.05) is 6.61 Å². The Balaban J connectivity index is 2.22. The highest BCUT2D eigenvalue weighted by Gasteiger charge is 2.21. The molecule has 1 rings (SSSR count). The van der Waals surface area contributed by atoms with Gasteiger partial charge in [0.1, 0.15) is 6.04 Å². The summed E-state index contributed by atoms with van der Waals surface area (Å²) in [5.74, 6) is 0.680. The van der Waals surface area contributed by atoms with Crippen molar-refractivity contribution in [3.63, 3.8) is 0 Å². The Morgan fingerprint density at radius 2 is 1.95 bits per heavy atom. The first-order valence-corrected chi connectivity index (χ1v) is 7.69. The summed E-state index contributed by atoms with van der Waals surface area (Å²) in [4.78, 5) is 11.7. The summed E-state index contributed by atoms with van der Waals surface area (Å²) in [6, 6.07) is -0.229. The van der Waals surface area contributed by atoms with Crippen molar-refractivity contribution in [3.8, 4) is 0 Å². The minimum absolute atomic E-state index is 0.162. The van der Waals surface area contributed by atoms with Crippen LogP contribution in [0.25, 0.3) is 0 Å². The van der Waals surface area contributed by atoms with Crippen LogP contribution < -0.4 is 5.32 Å². The quantitative estimate of drug-likeness (QED) is 0.689. The van der Waals surface area contributed by atoms with Crippen molar-refractivity contribution < 1.29 is 14.3 Å². The Bertz CT molecular complexity index is 250. The minimum atomic E-state index is -0.229. The zero-order chi connectivity index (χ0) is 14.1. The molecule has 0 aromatic heterocycles. The molecule has 1 atom stereocenters. The lowest BCUT2D eigenvalue weighted by atomic mass is 9.89. The van der Waals surface area contributed by atoms with Gasteiger partial charge in [0.25, 0.3) is 0 Å². The van der Waals surface area contributed by atoms with Crippen LogP contribution in [0.2, 0.25) is 0 Å². The van der Waals surface area contributed by atoms with E-state index in [2.05, 4.69) is 12.2 Å². The topological polar surface area (TPSA) is 47.6 Å². The van der Waals surface area contributed by atoms with Gasteiger partial charge in [-0.15, -0.1) is 0 Å². The molecule has 0 spiro atoms. The lowest BCUT2D eigenvalue weighted by Gasteiger charge is -2.26. The Hall–Kier alpha value is -0.610. The van der Waals surface area contributed by atoms with E-state index in [0.717, 1.165) is 25.3 Å². The van der Waals surface area contributed by atoms with E-state index >= 15 is 0 Å². The van der Waals surface area contributed by atoms with Crippen molar-refractivity contribution in [1.29, 1.82) is 0 Å². The zero-order valence-corrected chi connectivity index (χ0v) is 12.6. The van der Waals surface area contributed by atoms with Crippen LogP contribution in [0.3, 0.4) is 0 Å². The van der Waals surface area contributed by atoms with Gasteiger partial charge in [-0.25, -0.2) is 0 Å². The third kappa shape index (κ3) is 6.39. The third-order valence-corrected chi connectivity index (χ3v) is 3.74. The average Bonchev–Trinajstić information content (AvgIpc) is 2.40. The maximum Gasteiger partial charge on any atom is 0.323 e. The number of rotatable bonds is 8. The Labute approximate surface area is 117 Å². The van der Waals surface area contributed by atoms with E-state index in [9.17, 15) is 4.79 Å². The van der Waals surface area contributed by atoms with Crippen LogP contribution in [0.5, 0.6) is 0 Å². The molecular weight excluding hydrogens is 242 g/mol. The Morgan fingerprint density at radius 3 is 2.53 bits per heavy atom. The van der Waals surface area contributed by atoms with E-state index in [0.29, 0.717) is 25.7 Å². The summed E-state index contributed by atoms with van der Waals surface area (Å²) >= 11 is 0. The molecule has 0 radical (unpaired) electrons. The van der Waals surface area contributed by atoms with Crippen LogP contribution in [0.15, 0.2) is 0 Å². The smallest absolute Gasteiger partial charge is 0.323 e. The Morgan fingerprint density at radius 1 is 1.26 bits per heavy atom. The molecule has 1 saturated carbocycles. The highest BCUT2D eigenvalue weighted by molar-refractivity contribution is 5.75. The summed E-state index contributed by atoms with van der Waals surface area (Å²) in [7, 11) is 0. The molecule has 0 bridgehead atoms. The molecule has 19 heavy (non-hydrogen) atoms. The minimum Gasteiger partial charge on any atom is -0.465 e. The van der Waals surface area contributed by atoms with E-state index < -0.39 is 0 Å². The fourth-order valence-corrected chi connectivity index (χ4v) is 2.54. The van der Waals surface area contributed by atoms with E-state index in [1.54, 1.807) is 0 Å². The summed E-state index contributed by atoms with van der Waals surface area (Å²) in [6.45, 7) is 7.97. The van der Waals surface area contributed by atoms with Gasteiger partial charge < -0.3 is 14.8 Å². The van der Waals surface area contributed by atoms with Crippen molar-refractivity contribution in [2.24, 2.45) is 5.92 Å². The molecule has 4 nitrogen and oxygen atoms in total. The number of carbonyl (C=O) groups excluding carboxylic acids is 1. The first-order chi connectivity index (χ1) is 9.17. The number of hydrogen-bond donors (Lipinski definition) is 1. The van der Waals surface area contributed by atoms with Gasteiger partial charge in [0.15, 0.2) is 0 Å². The molecule has 0 saturated heterocycles. The largest absolute Gasteiger partial charge is 0.465 e. The lowest BCUT2D eigenvalue weighted by molar-refractivity contribution is -0.146. The second-order valence-corrected chi connectivity index (χ2v) is 5.40. The van der Waals surface area contributed by atoms with Gasteiger partial charge in [-0.2, -0.15) is 0 Å². The number of nitrogens with one attached hydrogen (secondary N) is 1. The molecule has 0 aromatic carbocycles. The fraction of sp³-hybridized carbons (Fsp3) is 0.933. The second-order valence-electron chi connectivity index (χ2n) is 5.40. The first-order valence-electron chi connectivity index (χ1n) is 7.69. The van der Waals surface area contributed by atoms with Crippen molar-refractivity contribution in [2.75, 3.05) is 19.8 Å². The number of carbonyl (C=O) groups is 1. The van der Waals surface area contributed by atoms with E-state index in [1.165, 1.54) is 12.8 Å². The molecule has 112 valence electrons. The van der Waals surface area contributed by atoms with Gasteiger partial charge >= 0.3 is 5.97 Å². The third-order valence-electron chi connectivity index (χ3n) is 3.74. The normalized spacial score (nSPS) is 25.0. The standard InChI is InChI=1S/C15H29NO3/c1-4-16-14(15(17)18-5-2)10-11-19-13-8-6-12(3)7-9-13/h12-14,16H,4-11H2,1-3H3. The molecular formula is C15H29NO3. The van der Waals surface area contributed by atoms with Crippen molar-refractivity contribution in [1.82, 2.24) is 5.32 Å². The molecule has 1 fully saturated rings. The molecule has 0 aliphatic heterocycles. The summed E-state index contributed by atoms with van der Waals surface area (Å²) in [5, 5.41) is 3.16. The van der Waals surface area contributed by atoms with E-state index in [4.69, 9.17) is 9.47 Å². The molecule has 4 heteroatoms. The van der Waals surface area contributed by atoms with Crippen molar-refractivity contribution in [3.05, 3.63) is 0 Å². The van der Waals surface area contributed by atoms with Gasteiger partial charge in [0.2, 0.25) is 0 Å². The van der Waals surface area contributed by atoms with Gasteiger partial charge in [-0.3, -0.25) is 4.79 Å². The summed E-state index contributed by atoms with van der Waals surface area (Å²) in [6.07, 6.45) is 5.93. The van der Waals surface area contributed by atoms with Crippen LogP contribution >= 0.6 is 0 Å². The molecule has 1 aliphatic rings. The molecule has 1 unspecified atom stereocenters. The van der Waals surface area contributed by atoms with Gasteiger partial charge in [-0.05, 0) is 51.5 Å². The lowest BCUT2D eigenvalue weighted by Crippen LogP contribution is -2.39. The van der Waals surface area contributed by atoms with Gasteiger partial charge in [-0.1, -0.05) is 13.8 Å². The predicted octanol–water partition coefficient (Wildman–Crippen LogP) is 2.51. The maximum atomic E-state index is 11.7. The highest BCUT2D eigenvalue weighted by atomic mass is 16.5. The molecule has 0 heterocycles. The number of hydrogen-bond acceptors (Lipinski definition) is 4. The fourth-order valence-electron chi connectivity index (χ4n) is 2.54. The Kier molecular flexibility index (Phi) is 8.07. The van der Waals surface area contributed by atoms with Crippen molar-refractivity contribution in [2.45, 2.75) is 65.0 Å². The molecule has 0 aromatic rings. The first kappa shape index (κ1) is 16.4. The van der Waals surface area contributed by atoms with E-state index in [-0.39, 0.29) is 12.0 Å². The van der Waals surface area contributed by atoms with Crippen LogP contribution in [0, 0.1) is 5.92 Å². The van der Waals surface area contributed by atoms with Crippen LogP contribution in [-0.2, 0) is 14.3 Å². The van der Waals surface area contributed by atoms with Crippen LogP contribution in [0.4, 0.5) is 0 Å². The average molecular weight is 271 g/mol. The van der Waals surface area contributed by atoms with Crippen LogP contribution in [-0.4, -0.2) is 37.9 Å². The molecule has 0 amide bonds. The van der Waals surface area contributed by atoms with Crippen LogP contribution in [0.1, 0.15) is 52.9 Å². The summed E-state index contributed by atoms with van der Waals surface area (Å²) in [5.41, 5.74) is 0. The summed E-state index contributed by atoms with van der Waals surface area (Å²) < 4.78 is 10.9. The maximum absolute atomic E-state index is 11.7. The van der Waals surface area contributed by atoms with Gasteiger partial charge in [0.05, 0.1) is 12.7 Å². The number of esters is 1. The SMILES string of the molecule is CCNC(CCOC1CCC(C)CC1)C(=O)OCC. The van der Waals surface area contributed by atoms with E-state index in [1.807, 2.05) is 13.8 Å².